The average Bonchev–Trinajstić information content (AvgIpc) is 3.04. The summed E-state index contributed by atoms with van der Waals surface area (Å²) in [4.78, 5) is 16.2. The molecular formula is C21H17NOS3. The molecule has 0 radical (unpaired) electrons. The molecule has 5 heteroatoms. The number of anilines is 1. The SMILES string of the molecule is CC1(C)c2ssc(=S)c2-c2ccccc2N1C(=O)C=Cc1ccccc1. The Bertz CT molecular complexity index is 1060. The van der Waals surface area contributed by atoms with E-state index in [4.69, 9.17) is 12.2 Å². The molecule has 0 aliphatic carbocycles. The number of benzene rings is 2. The molecule has 1 aliphatic heterocycles. The van der Waals surface area contributed by atoms with Gasteiger partial charge in [-0.3, -0.25) is 9.69 Å². The number of para-hydroxylation sites is 1. The Hall–Kier alpha value is -2.08. The Labute approximate surface area is 165 Å². The van der Waals surface area contributed by atoms with Gasteiger partial charge in [0.25, 0.3) is 5.91 Å². The second-order valence-electron chi connectivity index (χ2n) is 6.65. The molecule has 0 N–H and O–H groups in total. The fourth-order valence-electron chi connectivity index (χ4n) is 3.38. The molecule has 1 aliphatic rings. The van der Waals surface area contributed by atoms with E-state index in [0.717, 1.165) is 31.1 Å². The van der Waals surface area contributed by atoms with Crippen molar-refractivity contribution in [3.8, 4) is 11.1 Å². The molecule has 0 unspecified atom stereocenters. The number of carbonyl (C=O) groups is 1. The molecular weight excluding hydrogens is 378 g/mol. The van der Waals surface area contributed by atoms with Crippen molar-refractivity contribution >= 4 is 50.6 Å². The molecule has 2 nitrogen and oxygen atoms in total. The second-order valence-corrected chi connectivity index (χ2v) is 9.47. The summed E-state index contributed by atoms with van der Waals surface area (Å²) in [6.07, 6.45) is 3.52. The molecule has 0 fully saturated rings. The van der Waals surface area contributed by atoms with E-state index in [9.17, 15) is 4.79 Å². The third-order valence-electron chi connectivity index (χ3n) is 4.60. The Kier molecular flexibility index (Phi) is 4.39. The van der Waals surface area contributed by atoms with Crippen molar-refractivity contribution in [1.82, 2.24) is 0 Å². The van der Waals surface area contributed by atoms with E-state index in [0.29, 0.717) is 0 Å². The first-order chi connectivity index (χ1) is 12.5. The fraction of sp³-hybridized carbons (Fsp3) is 0.143. The van der Waals surface area contributed by atoms with Crippen LogP contribution in [0.5, 0.6) is 0 Å². The van der Waals surface area contributed by atoms with Crippen molar-refractivity contribution in [3.05, 3.63) is 74.9 Å². The molecule has 0 atom stereocenters. The van der Waals surface area contributed by atoms with Crippen molar-refractivity contribution in [2.45, 2.75) is 19.4 Å². The molecule has 1 amide bonds. The summed E-state index contributed by atoms with van der Waals surface area (Å²) >= 11 is 5.58. The Balaban J connectivity index is 1.82. The fourth-order valence-corrected chi connectivity index (χ4v) is 6.66. The van der Waals surface area contributed by atoms with Gasteiger partial charge in [0.05, 0.1) is 16.1 Å². The van der Waals surface area contributed by atoms with E-state index in [-0.39, 0.29) is 5.91 Å². The Morgan fingerprint density at radius 1 is 1.04 bits per heavy atom. The predicted molar refractivity (Wildman–Crippen MR) is 114 cm³/mol. The first-order valence-corrected chi connectivity index (χ1v) is 10.9. The lowest BCUT2D eigenvalue weighted by molar-refractivity contribution is -0.115. The van der Waals surface area contributed by atoms with Crippen LogP contribution in [0.15, 0.2) is 60.7 Å². The van der Waals surface area contributed by atoms with Crippen LogP contribution in [0.3, 0.4) is 0 Å². The number of rotatable bonds is 2. The maximum absolute atomic E-state index is 13.2. The zero-order valence-corrected chi connectivity index (χ0v) is 16.9. The van der Waals surface area contributed by atoms with Gasteiger partial charge < -0.3 is 0 Å². The molecule has 0 spiro atoms. The van der Waals surface area contributed by atoms with E-state index in [1.54, 1.807) is 26.8 Å². The minimum atomic E-state index is -0.444. The lowest BCUT2D eigenvalue weighted by Crippen LogP contribution is -2.47. The topological polar surface area (TPSA) is 20.3 Å². The smallest absolute Gasteiger partial charge is 0.251 e. The third kappa shape index (κ3) is 2.76. The monoisotopic (exact) mass is 395 g/mol. The van der Waals surface area contributed by atoms with Crippen molar-refractivity contribution in [1.29, 1.82) is 0 Å². The van der Waals surface area contributed by atoms with Crippen LogP contribution in [0, 0.1) is 3.82 Å². The molecule has 0 bridgehead atoms. The molecule has 130 valence electrons. The second kappa shape index (κ2) is 6.58. The molecule has 1 aromatic heterocycles. The summed E-state index contributed by atoms with van der Waals surface area (Å²) in [6.45, 7) is 4.18. The first-order valence-electron chi connectivity index (χ1n) is 8.30. The normalized spacial score (nSPS) is 14.9. The minimum absolute atomic E-state index is 0.0266. The number of nitrogens with zero attached hydrogens (tertiary/aromatic N) is 1. The quantitative estimate of drug-likeness (QED) is 0.280. The molecule has 3 aromatic rings. The molecule has 0 saturated heterocycles. The predicted octanol–water partition coefficient (Wildman–Crippen LogP) is 6.50. The van der Waals surface area contributed by atoms with Crippen LogP contribution < -0.4 is 4.90 Å². The molecule has 4 rings (SSSR count). The van der Waals surface area contributed by atoms with Crippen molar-refractivity contribution < 1.29 is 4.79 Å². The summed E-state index contributed by atoms with van der Waals surface area (Å²) in [5, 5.41) is 0. The van der Waals surface area contributed by atoms with Gasteiger partial charge in [-0.15, -0.1) is 0 Å². The molecule has 0 saturated carbocycles. The highest BCUT2D eigenvalue weighted by molar-refractivity contribution is 7.80. The van der Waals surface area contributed by atoms with Gasteiger partial charge in [-0.1, -0.05) is 81.4 Å². The van der Waals surface area contributed by atoms with Gasteiger partial charge in [-0.25, -0.2) is 0 Å². The van der Waals surface area contributed by atoms with E-state index >= 15 is 0 Å². The van der Waals surface area contributed by atoms with Crippen LogP contribution in [0.25, 0.3) is 17.2 Å². The summed E-state index contributed by atoms with van der Waals surface area (Å²) in [7, 11) is 3.29. The van der Waals surface area contributed by atoms with E-state index in [1.165, 1.54) is 0 Å². The van der Waals surface area contributed by atoms with Gasteiger partial charge in [0.15, 0.2) is 0 Å². The standard InChI is InChI=1S/C21H17NOS3/c1-21(2)19-18(20(24)26-25-19)15-10-6-7-11-16(15)22(21)17(23)13-12-14-8-4-3-5-9-14/h3-13H,1-2H3. The number of hydrogen-bond acceptors (Lipinski definition) is 4. The highest BCUT2D eigenvalue weighted by atomic mass is 32.9. The van der Waals surface area contributed by atoms with Gasteiger partial charge in [0.1, 0.15) is 3.82 Å². The van der Waals surface area contributed by atoms with Gasteiger partial charge in [-0.2, -0.15) is 0 Å². The number of carbonyl (C=O) groups excluding carboxylic acids is 1. The van der Waals surface area contributed by atoms with Crippen LogP contribution in [0.1, 0.15) is 24.3 Å². The van der Waals surface area contributed by atoms with Crippen LogP contribution in [-0.2, 0) is 10.3 Å². The van der Waals surface area contributed by atoms with Crippen LogP contribution in [0.2, 0.25) is 0 Å². The zero-order valence-electron chi connectivity index (χ0n) is 14.4. The maximum atomic E-state index is 13.2. The highest BCUT2D eigenvalue weighted by Crippen LogP contribution is 2.51. The number of hydrogen-bond donors (Lipinski definition) is 0. The lowest BCUT2D eigenvalue weighted by Gasteiger charge is -2.42. The summed E-state index contributed by atoms with van der Waals surface area (Å²) < 4.78 is 0.900. The zero-order chi connectivity index (χ0) is 18.3. The van der Waals surface area contributed by atoms with E-state index in [1.807, 2.05) is 59.5 Å². The van der Waals surface area contributed by atoms with Gasteiger partial charge >= 0.3 is 0 Å². The highest BCUT2D eigenvalue weighted by Gasteiger charge is 2.42. The summed E-state index contributed by atoms with van der Waals surface area (Å²) in [6, 6.07) is 17.9. The van der Waals surface area contributed by atoms with Crippen LogP contribution in [0.4, 0.5) is 5.69 Å². The number of amides is 1. The summed E-state index contributed by atoms with van der Waals surface area (Å²) in [5.74, 6) is -0.0266. The van der Waals surface area contributed by atoms with Gasteiger partial charge in [-0.05, 0) is 31.6 Å². The minimum Gasteiger partial charge on any atom is -0.298 e. The van der Waals surface area contributed by atoms with Crippen molar-refractivity contribution in [3.63, 3.8) is 0 Å². The third-order valence-corrected chi connectivity index (χ3v) is 7.93. The molecule has 26 heavy (non-hydrogen) atoms. The lowest BCUT2D eigenvalue weighted by atomic mass is 9.87. The number of fused-ring (bicyclic) bond motifs is 3. The Morgan fingerprint density at radius 2 is 1.73 bits per heavy atom. The van der Waals surface area contributed by atoms with Crippen molar-refractivity contribution in [2.75, 3.05) is 4.90 Å². The maximum Gasteiger partial charge on any atom is 0.251 e. The van der Waals surface area contributed by atoms with Gasteiger partial charge in [0, 0.05) is 17.2 Å². The largest absolute Gasteiger partial charge is 0.298 e. The Morgan fingerprint density at radius 3 is 2.50 bits per heavy atom. The average molecular weight is 396 g/mol. The van der Waals surface area contributed by atoms with Gasteiger partial charge in [0.2, 0.25) is 0 Å². The summed E-state index contributed by atoms with van der Waals surface area (Å²) in [5.41, 5.74) is 3.65. The van der Waals surface area contributed by atoms with E-state index in [2.05, 4.69) is 19.9 Å². The van der Waals surface area contributed by atoms with E-state index < -0.39 is 5.54 Å². The molecule has 2 aromatic carbocycles. The van der Waals surface area contributed by atoms with Crippen molar-refractivity contribution in [2.24, 2.45) is 0 Å². The van der Waals surface area contributed by atoms with Crippen LogP contribution in [-0.4, -0.2) is 5.91 Å². The first kappa shape index (κ1) is 17.3. The van der Waals surface area contributed by atoms with Crippen LogP contribution >= 0.6 is 32.9 Å². The molecule has 2 heterocycles.